The second kappa shape index (κ2) is 7.26. The fourth-order valence-corrected chi connectivity index (χ4v) is 2.60. The average molecular weight is 432 g/mol. The van der Waals surface area contributed by atoms with Crippen LogP contribution in [0.2, 0.25) is 0 Å². The number of hydrogen-bond acceptors (Lipinski definition) is 6. The van der Waals surface area contributed by atoms with Crippen LogP contribution in [0.3, 0.4) is 0 Å². The first-order chi connectivity index (χ1) is 10.9. The van der Waals surface area contributed by atoms with Gasteiger partial charge in [0.2, 0.25) is 0 Å². The second-order valence-corrected chi connectivity index (χ2v) is 5.45. The van der Waals surface area contributed by atoms with E-state index in [0.717, 1.165) is 0 Å². The number of carboxylic acid groups (broad SMARTS) is 1. The Bertz CT molecular complexity index is 746. The number of primary amides is 1. The predicted molar refractivity (Wildman–Crippen MR) is 87.4 cm³/mol. The normalized spacial score (nSPS) is 10.3. The molecule has 23 heavy (non-hydrogen) atoms. The van der Waals surface area contributed by atoms with Gasteiger partial charge >= 0.3 is 5.97 Å². The van der Waals surface area contributed by atoms with Gasteiger partial charge in [-0.1, -0.05) is 0 Å². The van der Waals surface area contributed by atoms with E-state index in [1.54, 1.807) is 19.1 Å². The van der Waals surface area contributed by atoms with Crippen molar-refractivity contribution in [3.05, 3.63) is 21.4 Å². The van der Waals surface area contributed by atoms with E-state index < -0.39 is 18.5 Å². The molecule has 0 atom stereocenters. The van der Waals surface area contributed by atoms with E-state index >= 15 is 0 Å². The number of carbonyl (C=O) groups is 2. The fraction of sp³-hybridized carbons (Fsp3) is 0.231. The lowest BCUT2D eigenvalue weighted by atomic mass is 10.1. The van der Waals surface area contributed by atoms with E-state index in [-0.39, 0.29) is 11.4 Å². The maximum atomic E-state index is 11.4. The highest BCUT2D eigenvalue weighted by molar-refractivity contribution is 14.1. The van der Waals surface area contributed by atoms with Crippen LogP contribution in [-0.4, -0.2) is 45.6 Å². The summed E-state index contributed by atoms with van der Waals surface area (Å²) in [5, 5.41) is 18.7. The van der Waals surface area contributed by atoms with Gasteiger partial charge in [0.1, 0.15) is 5.69 Å². The molecule has 0 spiro atoms. The number of carboxylic acids is 1. The van der Waals surface area contributed by atoms with Crippen LogP contribution < -0.4 is 15.2 Å². The SMILES string of the molecule is CCOc1cc(-c2n[nH]nc2C(N)=O)cc(I)c1OCC(=O)O. The molecule has 0 bridgehead atoms. The fourth-order valence-electron chi connectivity index (χ4n) is 1.85. The lowest BCUT2D eigenvalue weighted by Crippen LogP contribution is -2.13. The van der Waals surface area contributed by atoms with Gasteiger partial charge in [-0.15, -0.1) is 0 Å². The van der Waals surface area contributed by atoms with Gasteiger partial charge in [0.05, 0.1) is 10.2 Å². The average Bonchev–Trinajstić information content (AvgIpc) is 2.95. The molecule has 0 fully saturated rings. The van der Waals surface area contributed by atoms with Crippen LogP contribution in [0.15, 0.2) is 12.1 Å². The van der Waals surface area contributed by atoms with Crippen LogP contribution in [0.1, 0.15) is 17.4 Å². The van der Waals surface area contributed by atoms with Crippen molar-refractivity contribution in [3.8, 4) is 22.8 Å². The largest absolute Gasteiger partial charge is 0.490 e. The lowest BCUT2D eigenvalue weighted by Gasteiger charge is -2.14. The topological polar surface area (TPSA) is 140 Å². The monoisotopic (exact) mass is 432 g/mol. The summed E-state index contributed by atoms with van der Waals surface area (Å²) >= 11 is 1.98. The molecule has 10 heteroatoms. The number of aromatic nitrogens is 3. The third kappa shape index (κ3) is 3.88. The van der Waals surface area contributed by atoms with Crippen LogP contribution in [-0.2, 0) is 4.79 Å². The highest BCUT2D eigenvalue weighted by atomic mass is 127. The molecule has 9 nitrogen and oxygen atoms in total. The van der Waals surface area contributed by atoms with Gasteiger partial charge in [0.15, 0.2) is 23.8 Å². The van der Waals surface area contributed by atoms with Gasteiger partial charge in [-0.05, 0) is 41.6 Å². The summed E-state index contributed by atoms with van der Waals surface area (Å²) in [6.45, 7) is 1.64. The molecule has 1 heterocycles. The third-order valence-corrected chi connectivity index (χ3v) is 3.51. The number of hydrogen-bond donors (Lipinski definition) is 3. The number of H-pyrrole nitrogens is 1. The zero-order valence-corrected chi connectivity index (χ0v) is 14.2. The Morgan fingerprint density at radius 1 is 1.35 bits per heavy atom. The second-order valence-electron chi connectivity index (χ2n) is 4.29. The molecule has 122 valence electrons. The number of rotatable bonds is 7. The summed E-state index contributed by atoms with van der Waals surface area (Å²) in [5.74, 6) is -1.16. The van der Waals surface area contributed by atoms with Crippen molar-refractivity contribution < 1.29 is 24.2 Å². The van der Waals surface area contributed by atoms with Crippen LogP contribution in [0, 0.1) is 3.57 Å². The number of carbonyl (C=O) groups excluding carboxylic acids is 1. The van der Waals surface area contributed by atoms with Gasteiger partial charge < -0.3 is 20.3 Å². The number of aromatic amines is 1. The summed E-state index contributed by atoms with van der Waals surface area (Å²) in [4.78, 5) is 22.1. The molecule has 0 saturated carbocycles. The lowest BCUT2D eigenvalue weighted by molar-refractivity contribution is -0.139. The number of nitrogens with two attached hydrogens (primary N) is 1. The first-order valence-electron chi connectivity index (χ1n) is 6.45. The Kier molecular flexibility index (Phi) is 5.36. The van der Waals surface area contributed by atoms with Gasteiger partial charge in [-0.3, -0.25) is 4.79 Å². The summed E-state index contributed by atoms with van der Waals surface area (Å²) in [6, 6.07) is 3.26. The number of benzene rings is 1. The molecule has 0 saturated heterocycles. The molecule has 0 aliphatic carbocycles. The highest BCUT2D eigenvalue weighted by Gasteiger charge is 2.20. The molecule has 1 aromatic carbocycles. The van der Waals surface area contributed by atoms with Gasteiger partial charge in [-0.2, -0.15) is 15.4 Å². The molecule has 0 radical (unpaired) electrons. The molecule has 0 aliphatic heterocycles. The van der Waals surface area contributed by atoms with Crippen molar-refractivity contribution in [1.82, 2.24) is 15.4 Å². The van der Waals surface area contributed by atoms with Gasteiger partial charge in [0.25, 0.3) is 5.91 Å². The van der Waals surface area contributed by atoms with Crippen molar-refractivity contribution >= 4 is 34.5 Å². The number of nitrogens with one attached hydrogen (secondary N) is 1. The van der Waals surface area contributed by atoms with E-state index in [9.17, 15) is 9.59 Å². The Hall–Kier alpha value is -2.37. The molecule has 1 aromatic heterocycles. The van der Waals surface area contributed by atoms with Crippen molar-refractivity contribution in [2.75, 3.05) is 13.2 Å². The maximum absolute atomic E-state index is 11.4. The number of nitrogens with zero attached hydrogens (tertiary/aromatic N) is 2. The Labute approximate surface area is 144 Å². The number of aliphatic carboxylic acids is 1. The molecular weight excluding hydrogens is 419 g/mol. The Balaban J connectivity index is 2.49. The molecule has 4 N–H and O–H groups in total. The van der Waals surface area contributed by atoms with Crippen molar-refractivity contribution in [2.45, 2.75) is 6.92 Å². The molecule has 0 unspecified atom stereocenters. The number of amides is 1. The van der Waals surface area contributed by atoms with Crippen LogP contribution in [0.4, 0.5) is 0 Å². The first kappa shape index (κ1) is 17.0. The highest BCUT2D eigenvalue weighted by Crippen LogP contribution is 2.37. The predicted octanol–water partition coefficient (Wildman–Crippen LogP) is 1.04. The van der Waals surface area contributed by atoms with Crippen molar-refractivity contribution in [3.63, 3.8) is 0 Å². The van der Waals surface area contributed by atoms with E-state index in [2.05, 4.69) is 15.4 Å². The maximum Gasteiger partial charge on any atom is 0.341 e. The number of halogens is 1. The summed E-state index contributed by atoms with van der Waals surface area (Å²) in [6.07, 6.45) is 0. The van der Waals surface area contributed by atoms with Gasteiger partial charge in [0, 0.05) is 5.56 Å². The molecule has 2 rings (SSSR count). The van der Waals surface area contributed by atoms with E-state index in [1.807, 2.05) is 22.6 Å². The summed E-state index contributed by atoms with van der Waals surface area (Å²) < 4.78 is 11.4. The minimum absolute atomic E-state index is 0.00227. The molecule has 2 aromatic rings. The van der Waals surface area contributed by atoms with Crippen LogP contribution in [0.5, 0.6) is 11.5 Å². The zero-order chi connectivity index (χ0) is 17.0. The van der Waals surface area contributed by atoms with E-state index in [1.165, 1.54) is 0 Å². The van der Waals surface area contributed by atoms with Crippen molar-refractivity contribution in [2.24, 2.45) is 5.73 Å². The van der Waals surface area contributed by atoms with E-state index in [4.69, 9.17) is 20.3 Å². The molecular formula is C13H13IN4O5. The molecule has 1 amide bonds. The van der Waals surface area contributed by atoms with Crippen LogP contribution >= 0.6 is 22.6 Å². The summed E-state index contributed by atoms with van der Waals surface area (Å²) in [5.41, 5.74) is 6.08. The Morgan fingerprint density at radius 2 is 2.09 bits per heavy atom. The zero-order valence-electron chi connectivity index (χ0n) is 12.0. The first-order valence-corrected chi connectivity index (χ1v) is 7.53. The smallest absolute Gasteiger partial charge is 0.341 e. The Morgan fingerprint density at radius 3 is 2.70 bits per heavy atom. The standard InChI is InChI=1S/C13H13IN4O5/c1-2-22-8-4-6(10-11(13(15)21)17-18-16-10)3-7(14)12(8)23-5-9(19)20/h3-4H,2,5H2,1H3,(H2,15,21)(H,19,20)(H,16,17,18). The quantitative estimate of drug-likeness (QED) is 0.556. The minimum atomic E-state index is -1.10. The molecule has 0 aliphatic rings. The third-order valence-electron chi connectivity index (χ3n) is 2.70. The van der Waals surface area contributed by atoms with Crippen molar-refractivity contribution in [1.29, 1.82) is 0 Å². The number of ether oxygens (including phenoxy) is 2. The summed E-state index contributed by atoms with van der Waals surface area (Å²) in [7, 11) is 0. The van der Waals surface area contributed by atoms with Gasteiger partial charge in [-0.25, -0.2) is 4.79 Å². The minimum Gasteiger partial charge on any atom is -0.490 e. The van der Waals surface area contributed by atoms with Crippen LogP contribution in [0.25, 0.3) is 11.3 Å². The van der Waals surface area contributed by atoms with E-state index in [0.29, 0.717) is 27.2 Å².